The third-order valence-corrected chi connectivity index (χ3v) is 5.71. The third-order valence-electron chi connectivity index (χ3n) is 5.71. The molecule has 1 N–H and O–H groups in total. The second kappa shape index (κ2) is 10.2. The summed E-state index contributed by atoms with van der Waals surface area (Å²) in [6.07, 6.45) is 3.13. The van der Waals surface area contributed by atoms with Crippen molar-refractivity contribution < 1.29 is 14.3 Å². The van der Waals surface area contributed by atoms with Crippen LogP contribution < -0.4 is 14.8 Å². The van der Waals surface area contributed by atoms with Crippen molar-refractivity contribution in [3.8, 4) is 28.4 Å². The molecule has 0 fully saturated rings. The normalized spacial score (nSPS) is 10.7. The van der Waals surface area contributed by atoms with Gasteiger partial charge in [-0.3, -0.25) is 10.00 Å². The minimum absolute atomic E-state index is 0.457. The zero-order chi connectivity index (χ0) is 24.9. The first-order valence-corrected chi connectivity index (χ1v) is 11.5. The number of benzene rings is 3. The van der Waals surface area contributed by atoms with Gasteiger partial charge in [-0.25, -0.2) is 9.48 Å². The largest absolute Gasteiger partial charge is 0.497 e. The summed E-state index contributed by atoms with van der Waals surface area (Å²) in [5.41, 5.74) is 4.27. The molecule has 5 rings (SSSR count). The van der Waals surface area contributed by atoms with Crippen LogP contribution in [0.5, 0.6) is 11.5 Å². The van der Waals surface area contributed by atoms with Gasteiger partial charge in [0.1, 0.15) is 23.0 Å². The molecule has 36 heavy (non-hydrogen) atoms. The smallest absolute Gasteiger partial charge is 0.418 e. The Labute approximate surface area is 208 Å². The average Bonchev–Trinajstić information content (AvgIpc) is 3.50. The summed E-state index contributed by atoms with van der Waals surface area (Å²) in [5, 5.41) is 12.2. The van der Waals surface area contributed by atoms with E-state index in [2.05, 4.69) is 10.4 Å². The summed E-state index contributed by atoms with van der Waals surface area (Å²) in [6.45, 7) is 2.53. The number of methoxy groups -OCH3 is 1. The number of anilines is 1. The highest BCUT2D eigenvalue weighted by Crippen LogP contribution is 2.30. The van der Waals surface area contributed by atoms with Crippen LogP contribution >= 0.6 is 0 Å². The number of rotatable bonds is 7. The van der Waals surface area contributed by atoms with Crippen LogP contribution in [-0.4, -0.2) is 32.8 Å². The molecule has 180 valence electrons. The van der Waals surface area contributed by atoms with Crippen LogP contribution in [0.25, 0.3) is 16.9 Å². The highest BCUT2D eigenvalue weighted by atomic mass is 16.6. The molecule has 1 amide bonds. The Bertz CT molecular complexity index is 1460. The molecule has 8 nitrogen and oxygen atoms in total. The zero-order valence-corrected chi connectivity index (χ0v) is 20.0. The molecule has 8 heteroatoms. The van der Waals surface area contributed by atoms with Crippen LogP contribution in [0.1, 0.15) is 11.1 Å². The van der Waals surface area contributed by atoms with Gasteiger partial charge < -0.3 is 9.47 Å². The Morgan fingerprint density at radius 1 is 0.917 bits per heavy atom. The number of amides is 1. The van der Waals surface area contributed by atoms with E-state index in [4.69, 9.17) is 14.6 Å². The molecular formula is C28H25N5O3. The number of para-hydroxylation sites is 2. The van der Waals surface area contributed by atoms with Crippen molar-refractivity contribution in [2.24, 2.45) is 0 Å². The molecule has 0 atom stereocenters. The Kier molecular flexibility index (Phi) is 6.48. The summed E-state index contributed by atoms with van der Waals surface area (Å²) in [5.74, 6) is 1.80. The van der Waals surface area contributed by atoms with Gasteiger partial charge in [-0.1, -0.05) is 48.5 Å². The van der Waals surface area contributed by atoms with E-state index in [9.17, 15) is 4.79 Å². The SMILES string of the molecule is COc1ccc(Cn2cc(-c3nn(-c4ccccc4)c(NC(=O)Oc4ccccc4)c3C)cn2)cc1. The van der Waals surface area contributed by atoms with E-state index in [0.29, 0.717) is 18.1 Å². The molecule has 0 bridgehead atoms. The van der Waals surface area contributed by atoms with Crippen molar-refractivity contribution in [2.45, 2.75) is 13.5 Å². The minimum Gasteiger partial charge on any atom is -0.497 e. The maximum Gasteiger partial charge on any atom is 0.418 e. The molecule has 3 aromatic carbocycles. The monoisotopic (exact) mass is 479 g/mol. The third kappa shape index (κ3) is 4.97. The van der Waals surface area contributed by atoms with Crippen molar-refractivity contribution >= 4 is 11.9 Å². The number of nitrogens with zero attached hydrogens (tertiary/aromatic N) is 4. The number of ether oxygens (including phenoxy) is 2. The predicted molar refractivity (Wildman–Crippen MR) is 138 cm³/mol. The second-order valence-corrected chi connectivity index (χ2v) is 8.17. The van der Waals surface area contributed by atoms with E-state index in [-0.39, 0.29) is 0 Å². The Morgan fingerprint density at radius 3 is 2.31 bits per heavy atom. The Morgan fingerprint density at radius 2 is 1.61 bits per heavy atom. The molecule has 0 unspecified atom stereocenters. The molecule has 0 radical (unpaired) electrons. The molecule has 0 saturated carbocycles. The van der Waals surface area contributed by atoms with Crippen molar-refractivity contribution in [1.82, 2.24) is 19.6 Å². The Balaban J connectivity index is 1.44. The fourth-order valence-corrected chi connectivity index (χ4v) is 3.88. The first kappa shape index (κ1) is 22.9. The topological polar surface area (TPSA) is 83.2 Å². The lowest BCUT2D eigenvalue weighted by Gasteiger charge is -2.10. The number of aromatic nitrogens is 4. The quantitative estimate of drug-likeness (QED) is 0.323. The first-order chi connectivity index (χ1) is 17.6. The van der Waals surface area contributed by atoms with Gasteiger partial charge >= 0.3 is 6.09 Å². The molecule has 0 saturated heterocycles. The van der Waals surface area contributed by atoms with Crippen molar-refractivity contribution in [3.05, 3.63) is 108 Å². The van der Waals surface area contributed by atoms with E-state index >= 15 is 0 Å². The number of hydrogen-bond acceptors (Lipinski definition) is 5. The lowest BCUT2D eigenvalue weighted by Crippen LogP contribution is -2.19. The highest BCUT2D eigenvalue weighted by Gasteiger charge is 2.21. The molecule has 0 aliphatic rings. The lowest BCUT2D eigenvalue weighted by molar-refractivity contribution is 0.215. The molecular weight excluding hydrogens is 454 g/mol. The summed E-state index contributed by atoms with van der Waals surface area (Å²) in [4.78, 5) is 12.7. The molecule has 0 spiro atoms. The fraction of sp³-hybridized carbons (Fsp3) is 0.107. The standard InChI is InChI=1S/C28H25N5O3/c1-20-26(22-17-29-32(19-22)18-21-13-15-24(35-2)16-14-21)31-33(23-9-5-3-6-10-23)27(20)30-28(34)36-25-11-7-4-8-12-25/h3-17,19H,18H2,1-2H3,(H,30,34). The Hall–Kier alpha value is -4.85. The van der Waals surface area contributed by atoms with Crippen molar-refractivity contribution in [3.63, 3.8) is 0 Å². The van der Waals surface area contributed by atoms with Crippen molar-refractivity contribution in [1.29, 1.82) is 0 Å². The fourth-order valence-electron chi connectivity index (χ4n) is 3.88. The number of carbonyl (C=O) groups excluding carboxylic acids is 1. The van der Waals surface area contributed by atoms with Gasteiger partial charge in [-0.2, -0.15) is 10.2 Å². The molecule has 2 heterocycles. The van der Waals surface area contributed by atoms with Gasteiger partial charge in [0.15, 0.2) is 0 Å². The number of hydrogen-bond donors (Lipinski definition) is 1. The van der Waals surface area contributed by atoms with Crippen LogP contribution in [0.4, 0.5) is 10.6 Å². The molecule has 0 aliphatic carbocycles. The predicted octanol–water partition coefficient (Wildman–Crippen LogP) is 5.71. The molecule has 5 aromatic rings. The maximum atomic E-state index is 12.7. The lowest BCUT2D eigenvalue weighted by atomic mass is 10.1. The van der Waals surface area contributed by atoms with Gasteiger partial charge in [-0.05, 0) is 48.9 Å². The van der Waals surface area contributed by atoms with Gasteiger partial charge in [0.05, 0.1) is 25.5 Å². The van der Waals surface area contributed by atoms with Crippen LogP contribution in [0.15, 0.2) is 97.3 Å². The van der Waals surface area contributed by atoms with E-state index in [0.717, 1.165) is 33.8 Å². The van der Waals surface area contributed by atoms with Crippen LogP contribution in [0.3, 0.4) is 0 Å². The van der Waals surface area contributed by atoms with E-state index in [1.807, 2.05) is 90.6 Å². The van der Waals surface area contributed by atoms with Crippen LogP contribution in [-0.2, 0) is 6.54 Å². The molecule has 2 aromatic heterocycles. The van der Waals surface area contributed by atoms with E-state index in [1.54, 1.807) is 30.1 Å². The number of carbonyl (C=O) groups is 1. The van der Waals surface area contributed by atoms with Gasteiger partial charge in [0.2, 0.25) is 0 Å². The summed E-state index contributed by atoms with van der Waals surface area (Å²) in [6, 6.07) is 26.4. The average molecular weight is 480 g/mol. The van der Waals surface area contributed by atoms with Gasteiger partial charge in [0.25, 0.3) is 0 Å². The van der Waals surface area contributed by atoms with E-state index in [1.165, 1.54) is 0 Å². The van der Waals surface area contributed by atoms with Crippen LogP contribution in [0, 0.1) is 6.92 Å². The summed E-state index contributed by atoms with van der Waals surface area (Å²) < 4.78 is 14.2. The van der Waals surface area contributed by atoms with Gasteiger partial charge in [0, 0.05) is 17.3 Å². The zero-order valence-electron chi connectivity index (χ0n) is 20.0. The second-order valence-electron chi connectivity index (χ2n) is 8.17. The van der Waals surface area contributed by atoms with E-state index < -0.39 is 6.09 Å². The molecule has 0 aliphatic heterocycles. The van der Waals surface area contributed by atoms with Gasteiger partial charge in [-0.15, -0.1) is 0 Å². The summed E-state index contributed by atoms with van der Waals surface area (Å²) in [7, 11) is 1.65. The maximum absolute atomic E-state index is 12.7. The van der Waals surface area contributed by atoms with Crippen LogP contribution in [0.2, 0.25) is 0 Å². The summed E-state index contributed by atoms with van der Waals surface area (Å²) >= 11 is 0. The van der Waals surface area contributed by atoms with Crippen molar-refractivity contribution in [2.75, 3.05) is 12.4 Å². The minimum atomic E-state index is -0.594. The highest BCUT2D eigenvalue weighted by molar-refractivity contribution is 5.88. The number of nitrogens with one attached hydrogen (secondary N) is 1. The first-order valence-electron chi connectivity index (χ1n) is 11.5.